The minimum atomic E-state index is -4.48. The van der Waals surface area contributed by atoms with E-state index in [-0.39, 0.29) is 11.9 Å². The summed E-state index contributed by atoms with van der Waals surface area (Å²) in [5, 5.41) is 3.54. The Bertz CT molecular complexity index is 784. The van der Waals surface area contributed by atoms with Crippen LogP contribution in [-0.2, 0) is 10.9 Å². The third kappa shape index (κ3) is 4.50. The van der Waals surface area contributed by atoms with Gasteiger partial charge >= 0.3 is 6.18 Å². The fourth-order valence-corrected chi connectivity index (χ4v) is 3.20. The predicted molar refractivity (Wildman–Crippen MR) is 93.7 cm³/mol. The highest BCUT2D eigenvalue weighted by Crippen LogP contribution is 2.28. The minimum absolute atomic E-state index is 0.0337. The van der Waals surface area contributed by atoms with Gasteiger partial charge in [-0.2, -0.15) is 18.3 Å². The van der Waals surface area contributed by atoms with Crippen molar-refractivity contribution in [2.45, 2.75) is 32.5 Å². The monoisotopic (exact) mass is 381 g/mol. The molecule has 2 heterocycles. The Balaban J connectivity index is 1.76. The number of hydrogen-bond acceptors (Lipinski definition) is 3. The van der Waals surface area contributed by atoms with Crippen LogP contribution in [0.4, 0.5) is 13.2 Å². The third-order valence-corrected chi connectivity index (χ3v) is 4.49. The second-order valence-electron chi connectivity index (χ2n) is 7.05. The van der Waals surface area contributed by atoms with E-state index in [2.05, 4.69) is 18.9 Å². The number of carbonyl (C=O) groups excluding carboxylic acids is 1. The molecule has 1 aromatic carbocycles. The number of carbonyl (C=O) groups is 1. The van der Waals surface area contributed by atoms with Crippen molar-refractivity contribution in [3.63, 3.8) is 0 Å². The fourth-order valence-electron chi connectivity index (χ4n) is 3.20. The maximum absolute atomic E-state index is 12.9. The van der Waals surface area contributed by atoms with E-state index in [0.717, 1.165) is 17.2 Å². The summed E-state index contributed by atoms with van der Waals surface area (Å²) in [6.45, 7) is 5.77. The average Bonchev–Trinajstić information content (AvgIpc) is 3.12. The molecule has 1 saturated heterocycles. The Hall–Kier alpha value is -2.35. The summed E-state index contributed by atoms with van der Waals surface area (Å²) in [6.07, 6.45) is -2.37. The van der Waals surface area contributed by atoms with Crippen LogP contribution in [0.3, 0.4) is 0 Å². The zero-order valence-electron chi connectivity index (χ0n) is 15.2. The van der Waals surface area contributed by atoms with Crippen molar-refractivity contribution in [1.29, 1.82) is 0 Å². The van der Waals surface area contributed by atoms with Crippen molar-refractivity contribution >= 4 is 5.91 Å². The fraction of sp³-hybridized carbons (Fsp3) is 0.474. The zero-order chi connectivity index (χ0) is 19.6. The molecule has 8 heteroatoms. The van der Waals surface area contributed by atoms with E-state index in [1.807, 2.05) is 4.90 Å². The van der Waals surface area contributed by atoms with Crippen molar-refractivity contribution in [2.75, 3.05) is 19.8 Å². The van der Waals surface area contributed by atoms with Gasteiger partial charge in [-0.05, 0) is 42.7 Å². The molecule has 146 valence electrons. The molecule has 0 saturated carbocycles. The number of benzene rings is 1. The van der Waals surface area contributed by atoms with Gasteiger partial charge in [0.2, 0.25) is 0 Å². The SMILES string of the molecule is CC(C)CC1COCCN1C(=O)c1ccc(-n2ccc(C(F)(F)F)n2)cc1. The highest BCUT2D eigenvalue weighted by atomic mass is 19.4. The summed E-state index contributed by atoms with van der Waals surface area (Å²) in [4.78, 5) is 14.7. The highest BCUT2D eigenvalue weighted by molar-refractivity contribution is 5.94. The molecule has 1 aliphatic rings. The van der Waals surface area contributed by atoms with Gasteiger partial charge in [-0.3, -0.25) is 4.79 Å². The molecule has 1 aliphatic heterocycles. The van der Waals surface area contributed by atoms with Crippen LogP contribution in [0.2, 0.25) is 0 Å². The number of ether oxygens (including phenoxy) is 1. The standard InChI is InChI=1S/C19H22F3N3O2/c1-13(2)11-16-12-27-10-9-24(16)18(26)14-3-5-15(6-4-14)25-8-7-17(23-25)19(20,21)22/h3-8,13,16H,9-12H2,1-2H3. The molecule has 2 aromatic rings. The molecule has 0 aliphatic carbocycles. The van der Waals surface area contributed by atoms with E-state index in [1.54, 1.807) is 24.3 Å². The van der Waals surface area contributed by atoms with Gasteiger partial charge in [0.05, 0.1) is 24.9 Å². The predicted octanol–water partition coefficient (Wildman–Crippen LogP) is 3.78. The smallest absolute Gasteiger partial charge is 0.377 e. The molecule has 0 spiro atoms. The number of amides is 1. The summed E-state index contributed by atoms with van der Waals surface area (Å²) in [5.74, 6) is 0.351. The Labute approximate surface area is 155 Å². The molecule has 1 unspecified atom stereocenters. The molecule has 0 bridgehead atoms. The van der Waals surface area contributed by atoms with E-state index in [4.69, 9.17) is 4.74 Å². The van der Waals surface area contributed by atoms with Crippen LogP contribution in [0.15, 0.2) is 36.5 Å². The van der Waals surface area contributed by atoms with Gasteiger partial charge in [-0.1, -0.05) is 13.8 Å². The van der Waals surface area contributed by atoms with Gasteiger partial charge < -0.3 is 9.64 Å². The van der Waals surface area contributed by atoms with Crippen LogP contribution in [-0.4, -0.2) is 46.4 Å². The average molecular weight is 381 g/mol. The number of aromatic nitrogens is 2. The lowest BCUT2D eigenvalue weighted by molar-refractivity contribution is -0.141. The second kappa shape index (κ2) is 7.72. The molecule has 1 atom stereocenters. The lowest BCUT2D eigenvalue weighted by atomic mass is 10.0. The molecule has 27 heavy (non-hydrogen) atoms. The van der Waals surface area contributed by atoms with Crippen molar-refractivity contribution in [2.24, 2.45) is 5.92 Å². The van der Waals surface area contributed by atoms with Gasteiger partial charge in [-0.25, -0.2) is 4.68 Å². The van der Waals surface area contributed by atoms with Gasteiger partial charge in [-0.15, -0.1) is 0 Å². The van der Waals surface area contributed by atoms with Gasteiger partial charge in [0.1, 0.15) is 0 Å². The topological polar surface area (TPSA) is 47.4 Å². The van der Waals surface area contributed by atoms with Crippen LogP contribution in [0.5, 0.6) is 0 Å². The van der Waals surface area contributed by atoms with E-state index >= 15 is 0 Å². The van der Waals surface area contributed by atoms with Crippen molar-refractivity contribution in [3.8, 4) is 5.69 Å². The number of rotatable bonds is 4. The van der Waals surface area contributed by atoms with Crippen LogP contribution < -0.4 is 0 Å². The lowest BCUT2D eigenvalue weighted by Crippen LogP contribution is -2.49. The quantitative estimate of drug-likeness (QED) is 0.810. The van der Waals surface area contributed by atoms with Crippen LogP contribution in [0.25, 0.3) is 5.69 Å². The number of nitrogens with zero attached hydrogens (tertiary/aromatic N) is 3. The summed E-state index contributed by atoms with van der Waals surface area (Å²) >= 11 is 0. The maximum Gasteiger partial charge on any atom is 0.435 e. The van der Waals surface area contributed by atoms with Crippen molar-refractivity contribution < 1.29 is 22.7 Å². The first-order valence-electron chi connectivity index (χ1n) is 8.87. The summed E-state index contributed by atoms with van der Waals surface area (Å²) in [6, 6.07) is 7.38. The first-order valence-corrected chi connectivity index (χ1v) is 8.87. The molecule has 3 rings (SSSR count). The van der Waals surface area contributed by atoms with E-state index in [0.29, 0.717) is 36.9 Å². The zero-order valence-corrected chi connectivity index (χ0v) is 15.2. The third-order valence-electron chi connectivity index (χ3n) is 4.49. The first-order chi connectivity index (χ1) is 12.8. The Kier molecular flexibility index (Phi) is 5.55. The van der Waals surface area contributed by atoms with Crippen LogP contribution >= 0.6 is 0 Å². The second-order valence-corrected chi connectivity index (χ2v) is 7.05. The normalized spacial score (nSPS) is 18.1. The molecular weight excluding hydrogens is 359 g/mol. The van der Waals surface area contributed by atoms with Gasteiger partial charge in [0.15, 0.2) is 5.69 Å². The molecule has 1 aromatic heterocycles. The number of halogens is 3. The molecule has 1 fully saturated rings. The molecule has 0 N–H and O–H groups in total. The van der Waals surface area contributed by atoms with Crippen LogP contribution in [0, 0.1) is 5.92 Å². The highest BCUT2D eigenvalue weighted by Gasteiger charge is 2.33. The largest absolute Gasteiger partial charge is 0.435 e. The van der Waals surface area contributed by atoms with E-state index < -0.39 is 11.9 Å². The number of alkyl halides is 3. The van der Waals surface area contributed by atoms with Gasteiger partial charge in [0.25, 0.3) is 5.91 Å². The Morgan fingerprint density at radius 3 is 2.56 bits per heavy atom. The van der Waals surface area contributed by atoms with Crippen molar-refractivity contribution in [3.05, 3.63) is 47.8 Å². The van der Waals surface area contributed by atoms with Crippen LogP contribution in [0.1, 0.15) is 36.3 Å². The van der Waals surface area contributed by atoms with E-state index in [9.17, 15) is 18.0 Å². The van der Waals surface area contributed by atoms with Gasteiger partial charge in [0, 0.05) is 18.3 Å². The molecule has 0 radical (unpaired) electrons. The Morgan fingerprint density at radius 2 is 1.96 bits per heavy atom. The lowest BCUT2D eigenvalue weighted by Gasteiger charge is -2.36. The summed E-state index contributed by atoms with van der Waals surface area (Å²) < 4.78 is 44.7. The molecule has 1 amide bonds. The van der Waals surface area contributed by atoms with E-state index in [1.165, 1.54) is 6.20 Å². The maximum atomic E-state index is 12.9. The molecule has 5 nitrogen and oxygen atoms in total. The number of hydrogen-bond donors (Lipinski definition) is 0. The first kappa shape index (κ1) is 19.4. The Morgan fingerprint density at radius 1 is 1.26 bits per heavy atom. The summed E-state index contributed by atoms with van der Waals surface area (Å²) in [7, 11) is 0. The van der Waals surface area contributed by atoms with Crippen molar-refractivity contribution in [1.82, 2.24) is 14.7 Å². The summed E-state index contributed by atoms with van der Waals surface area (Å²) in [5.41, 5.74) is 0.00728. The molecular formula is C19H22F3N3O2. The minimum Gasteiger partial charge on any atom is -0.377 e. The number of morpholine rings is 1.